The van der Waals surface area contributed by atoms with Gasteiger partial charge >= 0.3 is 5.69 Å². The molecule has 0 saturated carbocycles. The van der Waals surface area contributed by atoms with Crippen LogP contribution in [-0.2, 0) is 11.3 Å². The summed E-state index contributed by atoms with van der Waals surface area (Å²) >= 11 is 0. The number of aromatic nitrogens is 2. The van der Waals surface area contributed by atoms with Crippen LogP contribution in [0.3, 0.4) is 0 Å². The van der Waals surface area contributed by atoms with Gasteiger partial charge in [-0.15, -0.1) is 0 Å². The van der Waals surface area contributed by atoms with Gasteiger partial charge in [-0.1, -0.05) is 31.2 Å². The summed E-state index contributed by atoms with van der Waals surface area (Å²) in [4.78, 5) is 38.5. The Morgan fingerprint density at radius 3 is 2.50 bits per heavy atom. The van der Waals surface area contributed by atoms with E-state index in [1.165, 1.54) is 16.2 Å². The third-order valence-electron chi connectivity index (χ3n) is 4.80. The van der Waals surface area contributed by atoms with Gasteiger partial charge < -0.3 is 10.1 Å². The van der Waals surface area contributed by atoms with E-state index in [1.54, 1.807) is 48.5 Å². The summed E-state index contributed by atoms with van der Waals surface area (Å²) in [6.07, 6.45) is 0.626. The Kier molecular flexibility index (Phi) is 5.63. The highest BCUT2D eigenvalue weighted by Gasteiger charge is 2.18. The van der Waals surface area contributed by atoms with Gasteiger partial charge in [-0.2, -0.15) is 0 Å². The topological polar surface area (TPSA) is 82.3 Å². The Morgan fingerprint density at radius 2 is 1.79 bits per heavy atom. The number of rotatable bonds is 6. The monoisotopic (exact) mass is 381 g/mol. The summed E-state index contributed by atoms with van der Waals surface area (Å²) in [5.74, 6) is 0.142. The Balaban J connectivity index is 2.06. The van der Waals surface area contributed by atoms with Crippen molar-refractivity contribution in [1.29, 1.82) is 0 Å². The van der Waals surface area contributed by atoms with Crippen molar-refractivity contribution in [2.24, 2.45) is 0 Å². The van der Waals surface area contributed by atoms with Crippen molar-refractivity contribution in [2.75, 3.05) is 12.4 Å². The lowest BCUT2D eigenvalue weighted by atomic mass is 10.2. The zero-order chi connectivity index (χ0) is 20.3. The molecule has 0 saturated heterocycles. The van der Waals surface area contributed by atoms with E-state index >= 15 is 0 Å². The first-order valence-corrected chi connectivity index (χ1v) is 9.14. The summed E-state index contributed by atoms with van der Waals surface area (Å²) in [5.41, 5.74) is 0.124. The highest BCUT2D eigenvalue weighted by atomic mass is 16.5. The molecule has 0 fully saturated rings. The second kappa shape index (κ2) is 8.12. The van der Waals surface area contributed by atoms with Crippen LogP contribution in [0.5, 0.6) is 5.75 Å². The molecule has 146 valence electrons. The molecule has 0 aliphatic rings. The molecule has 1 atom stereocenters. The normalized spacial score (nSPS) is 12.0. The maximum atomic E-state index is 13.0. The molecule has 0 aliphatic carbocycles. The van der Waals surface area contributed by atoms with E-state index in [4.69, 9.17) is 4.74 Å². The van der Waals surface area contributed by atoms with Crippen LogP contribution in [0, 0.1) is 0 Å². The molecular weight excluding hydrogens is 358 g/mol. The van der Waals surface area contributed by atoms with Crippen molar-refractivity contribution < 1.29 is 9.53 Å². The largest absolute Gasteiger partial charge is 0.495 e. The molecule has 7 heteroatoms. The van der Waals surface area contributed by atoms with Crippen molar-refractivity contribution in [2.45, 2.75) is 32.9 Å². The van der Waals surface area contributed by atoms with E-state index in [0.29, 0.717) is 28.8 Å². The van der Waals surface area contributed by atoms with E-state index in [0.717, 1.165) is 0 Å². The molecule has 1 heterocycles. The Labute approximate surface area is 162 Å². The van der Waals surface area contributed by atoms with Crippen molar-refractivity contribution >= 4 is 22.5 Å². The van der Waals surface area contributed by atoms with Gasteiger partial charge in [0.25, 0.3) is 5.56 Å². The quantitative estimate of drug-likeness (QED) is 0.712. The van der Waals surface area contributed by atoms with E-state index in [9.17, 15) is 14.4 Å². The number of benzene rings is 2. The molecule has 0 bridgehead atoms. The minimum atomic E-state index is -0.492. The van der Waals surface area contributed by atoms with Crippen LogP contribution in [0.25, 0.3) is 10.9 Å². The molecule has 0 unspecified atom stereocenters. The molecule has 7 nitrogen and oxygen atoms in total. The number of methoxy groups -OCH3 is 1. The number of nitrogens with zero attached hydrogens (tertiary/aromatic N) is 2. The number of hydrogen-bond acceptors (Lipinski definition) is 4. The Bertz CT molecular complexity index is 1130. The third kappa shape index (κ3) is 3.55. The third-order valence-corrected chi connectivity index (χ3v) is 4.80. The van der Waals surface area contributed by atoms with Crippen molar-refractivity contribution in [1.82, 2.24) is 9.13 Å². The SMILES string of the molecule is CC[C@H](C)n1c(=O)c2ccccc2n(CC(=O)Nc2ccccc2OC)c1=O. The molecule has 28 heavy (non-hydrogen) atoms. The van der Waals surface area contributed by atoms with Crippen molar-refractivity contribution in [3.63, 3.8) is 0 Å². The number of carbonyl (C=O) groups excluding carboxylic acids is 1. The molecule has 1 aromatic heterocycles. The molecule has 1 N–H and O–H groups in total. The minimum absolute atomic E-state index is 0.214. The molecular formula is C21H23N3O4. The highest BCUT2D eigenvalue weighted by molar-refractivity contribution is 5.93. The van der Waals surface area contributed by atoms with Crippen molar-refractivity contribution in [3.05, 3.63) is 69.4 Å². The van der Waals surface area contributed by atoms with Crippen LogP contribution in [0.4, 0.5) is 5.69 Å². The fraction of sp³-hybridized carbons (Fsp3) is 0.286. The van der Waals surface area contributed by atoms with Crippen LogP contribution in [0.15, 0.2) is 58.1 Å². The van der Waals surface area contributed by atoms with E-state index in [1.807, 2.05) is 13.8 Å². The first kappa shape index (κ1) is 19.4. The molecule has 0 radical (unpaired) electrons. The average molecular weight is 381 g/mol. The van der Waals surface area contributed by atoms with Gasteiger partial charge in [-0.25, -0.2) is 4.79 Å². The van der Waals surface area contributed by atoms with E-state index < -0.39 is 5.69 Å². The van der Waals surface area contributed by atoms with E-state index in [2.05, 4.69) is 5.32 Å². The zero-order valence-electron chi connectivity index (χ0n) is 16.1. The van der Waals surface area contributed by atoms with Gasteiger partial charge in [0.05, 0.1) is 23.7 Å². The molecule has 2 aromatic carbocycles. The lowest BCUT2D eigenvalue weighted by molar-refractivity contribution is -0.116. The van der Waals surface area contributed by atoms with E-state index in [-0.39, 0.29) is 24.1 Å². The molecule has 1 amide bonds. The molecule has 0 aliphatic heterocycles. The average Bonchev–Trinajstić information content (AvgIpc) is 2.71. The maximum absolute atomic E-state index is 13.0. The van der Waals surface area contributed by atoms with Crippen LogP contribution < -0.4 is 21.3 Å². The highest BCUT2D eigenvalue weighted by Crippen LogP contribution is 2.23. The summed E-state index contributed by atoms with van der Waals surface area (Å²) < 4.78 is 7.80. The Morgan fingerprint density at radius 1 is 1.11 bits per heavy atom. The van der Waals surface area contributed by atoms with Gasteiger partial charge in [0, 0.05) is 6.04 Å². The van der Waals surface area contributed by atoms with Crippen LogP contribution in [0.2, 0.25) is 0 Å². The number of carbonyl (C=O) groups is 1. The number of fused-ring (bicyclic) bond motifs is 1. The van der Waals surface area contributed by atoms with Gasteiger partial charge in [-0.3, -0.25) is 18.7 Å². The minimum Gasteiger partial charge on any atom is -0.495 e. The van der Waals surface area contributed by atoms with Crippen LogP contribution >= 0.6 is 0 Å². The number of anilines is 1. The summed E-state index contributed by atoms with van der Waals surface area (Å²) in [7, 11) is 1.52. The number of hydrogen-bond donors (Lipinski definition) is 1. The maximum Gasteiger partial charge on any atom is 0.332 e. The van der Waals surface area contributed by atoms with Crippen molar-refractivity contribution in [3.8, 4) is 5.75 Å². The predicted octanol–water partition coefficient (Wildman–Crippen LogP) is 2.78. The first-order valence-electron chi connectivity index (χ1n) is 9.14. The smallest absolute Gasteiger partial charge is 0.332 e. The molecule has 3 aromatic rings. The molecule has 3 rings (SSSR count). The summed E-state index contributed by atoms with van der Waals surface area (Å²) in [6, 6.07) is 13.6. The number of nitrogens with one attached hydrogen (secondary N) is 1. The first-order chi connectivity index (χ1) is 13.5. The molecule has 0 spiro atoms. The fourth-order valence-electron chi connectivity index (χ4n) is 3.14. The Hall–Kier alpha value is -3.35. The number of para-hydroxylation sites is 3. The predicted molar refractivity (Wildman–Crippen MR) is 109 cm³/mol. The summed E-state index contributed by atoms with van der Waals surface area (Å²) in [5, 5.41) is 3.18. The lowest BCUT2D eigenvalue weighted by Gasteiger charge is -2.17. The van der Waals surface area contributed by atoms with Crippen LogP contribution in [0.1, 0.15) is 26.3 Å². The number of amides is 1. The fourth-order valence-corrected chi connectivity index (χ4v) is 3.14. The standard InChI is InChI=1S/C21H23N3O4/c1-4-14(2)24-20(26)15-9-5-7-11-17(15)23(21(24)27)13-19(25)22-16-10-6-8-12-18(16)28-3/h5-12,14H,4,13H2,1-3H3,(H,22,25)/t14-/m0/s1. The zero-order valence-corrected chi connectivity index (χ0v) is 16.1. The van der Waals surface area contributed by atoms with Gasteiger partial charge in [0.1, 0.15) is 12.3 Å². The summed E-state index contributed by atoms with van der Waals surface area (Å²) in [6.45, 7) is 3.51. The van der Waals surface area contributed by atoms with Gasteiger partial charge in [0.15, 0.2) is 0 Å². The van der Waals surface area contributed by atoms with Crippen LogP contribution in [-0.4, -0.2) is 22.2 Å². The van der Waals surface area contributed by atoms with Gasteiger partial charge in [-0.05, 0) is 37.6 Å². The number of ether oxygens (including phenoxy) is 1. The second-order valence-corrected chi connectivity index (χ2v) is 6.57. The van der Waals surface area contributed by atoms with Gasteiger partial charge in [0.2, 0.25) is 5.91 Å². The lowest BCUT2D eigenvalue weighted by Crippen LogP contribution is -2.43. The second-order valence-electron chi connectivity index (χ2n) is 6.57.